The molecule has 0 radical (unpaired) electrons. The van der Waals surface area contributed by atoms with Gasteiger partial charge >= 0.3 is 0 Å². The molecule has 0 spiro atoms. The summed E-state index contributed by atoms with van der Waals surface area (Å²) in [6, 6.07) is 15.1. The number of nitriles is 3. The number of nitrogens with zero attached hydrogens (tertiary/aromatic N) is 3. The van der Waals surface area contributed by atoms with Gasteiger partial charge in [-0.3, -0.25) is 0 Å². The molecule has 1 atom stereocenters. The Bertz CT molecular complexity index is 417. The lowest BCUT2D eigenvalue weighted by Gasteiger charge is -2.13. The van der Waals surface area contributed by atoms with E-state index in [4.69, 9.17) is 15.8 Å². The van der Waals surface area contributed by atoms with Crippen molar-refractivity contribution >= 4 is 0 Å². The summed E-state index contributed by atoms with van der Waals surface area (Å²) in [5.41, 5.74) is 0.868. The van der Waals surface area contributed by atoms with Crippen LogP contribution >= 0.6 is 0 Å². The van der Waals surface area contributed by atoms with Crippen LogP contribution in [0.25, 0.3) is 0 Å². The maximum absolute atomic E-state index is 8.80. The van der Waals surface area contributed by atoms with Gasteiger partial charge in [-0.05, 0) is 5.56 Å². The van der Waals surface area contributed by atoms with Gasteiger partial charge in [0, 0.05) is 12.3 Å². The van der Waals surface area contributed by atoms with Gasteiger partial charge in [-0.1, -0.05) is 30.3 Å². The minimum Gasteiger partial charge on any atom is -0.198 e. The molecule has 0 aromatic heterocycles. The first-order chi connectivity index (χ1) is 7.33. The molecule has 1 aromatic rings. The van der Waals surface area contributed by atoms with Crippen molar-refractivity contribution in [3.63, 3.8) is 0 Å². The van der Waals surface area contributed by atoms with Gasteiger partial charge in [-0.15, -0.1) is 0 Å². The fourth-order valence-electron chi connectivity index (χ4n) is 1.44. The van der Waals surface area contributed by atoms with Gasteiger partial charge < -0.3 is 0 Å². The molecule has 1 aromatic carbocycles. The zero-order valence-electron chi connectivity index (χ0n) is 8.09. The van der Waals surface area contributed by atoms with Gasteiger partial charge in [0.25, 0.3) is 0 Å². The van der Waals surface area contributed by atoms with Gasteiger partial charge in [0.1, 0.15) is 5.92 Å². The van der Waals surface area contributed by atoms with Crippen molar-refractivity contribution in [2.24, 2.45) is 5.92 Å². The van der Waals surface area contributed by atoms with Crippen LogP contribution < -0.4 is 0 Å². The summed E-state index contributed by atoms with van der Waals surface area (Å²) in [6.07, 6.45) is 0.190. The van der Waals surface area contributed by atoms with Crippen LogP contribution in [0.3, 0.4) is 0 Å². The van der Waals surface area contributed by atoms with Crippen LogP contribution in [0.1, 0.15) is 17.9 Å². The monoisotopic (exact) mass is 195 g/mol. The second-order valence-electron chi connectivity index (χ2n) is 3.12. The smallest absolute Gasteiger partial charge is 0.141 e. The van der Waals surface area contributed by atoms with E-state index in [-0.39, 0.29) is 12.3 Å². The second-order valence-corrected chi connectivity index (χ2v) is 3.12. The highest BCUT2D eigenvalue weighted by Crippen LogP contribution is 2.26. The molecule has 1 unspecified atom stereocenters. The molecular weight excluding hydrogens is 186 g/mol. The molecule has 0 aliphatic carbocycles. The highest BCUT2D eigenvalue weighted by molar-refractivity contribution is 5.26. The van der Waals surface area contributed by atoms with Crippen LogP contribution in [0.4, 0.5) is 0 Å². The summed E-state index contributed by atoms with van der Waals surface area (Å²) in [4.78, 5) is 0. The van der Waals surface area contributed by atoms with E-state index >= 15 is 0 Å². The largest absolute Gasteiger partial charge is 0.198 e. The van der Waals surface area contributed by atoms with E-state index in [9.17, 15) is 0 Å². The predicted octanol–water partition coefficient (Wildman–Crippen LogP) is 2.35. The SMILES string of the molecule is N#CCC(c1ccccc1)C(C#N)C#N. The van der Waals surface area contributed by atoms with Crippen LogP contribution in [0.15, 0.2) is 30.3 Å². The van der Waals surface area contributed by atoms with Crippen LogP contribution in [-0.2, 0) is 0 Å². The molecule has 3 heteroatoms. The van der Waals surface area contributed by atoms with E-state index in [1.54, 1.807) is 0 Å². The third-order valence-electron chi connectivity index (χ3n) is 2.22. The lowest BCUT2D eigenvalue weighted by molar-refractivity contribution is 0.625. The van der Waals surface area contributed by atoms with Crippen LogP contribution in [0, 0.1) is 39.9 Å². The summed E-state index contributed by atoms with van der Waals surface area (Å²) in [6.45, 7) is 0. The first kappa shape index (κ1) is 10.8. The lowest BCUT2D eigenvalue weighted by Crippen LogP contribution is -2.08. The average Bonchev–Trinajstić information content (AvgIpc) is 2.30. The predicted molar refractivity (Wildman–Crippen MR) is 54.1 cm³/mol. The number of rotatable bonds is 3. The molecule has 0 saturated carbocycles. The molecule has 0 bridgehead atoms. The van der Waals surface area contributed by atoms with E-state index in [2.05, 4.69) is 0 Å². The van der Waals surface area contributed by atoms with Gasteiger partial charge in [-0.25, -0.2) is 0 Å². The molecule has 3 nitrogen and oxygen atoms in total. The number of benzene rings is 1. The van der Waals surface area contributed by atoms with Crippen molar-refractivity contribution in [2.45, 2.75) is 12.3 Å². The minimum atomic E-state index is -0.757. The van der Waals surface area contributed by atoms with Gasteiger partial charge in [0.2, 0.25) is 0 Å². The third-order valence-corrected chi connectivity index (χ3v) is 2.22. The highest BCUT2D eigenvalue weighted by Gasteiger charge is 2.22. The zero-order chi connectivity index (χ0) is 11.1. The normalized spacial score (nSPS) is 11.1. The maximum Gasteiger partial charge on any atom is 0.141 e. The molecule has 1 rings (SSSR count). The Morgan fingerprint density at radius 3 is 2.07 bits per heavy atom. The molecule has 0 amide bonds. The van der Waals surface area contributed by atoms with Crippen molar-refractivity contribution in [2.75, 3.05) is 0 Å². The highest BCUT2D eigenvalue weighted by atomic mass is 14.4. The lowest BCUT2D eigenvalue weighted by atomic mass is 9.86. The Hall–Kier alpha value is -2.31. The number of hydrogen-bond acceptors (Lipinski definition) is 3. The van der Waals surface area contributed by atoms with Crippen molar-refractivity contribution < 1.29 is 0 Å². The van der Waals surface area contributed by atoms with Crippen LogP contribution in [0.2, 0.25) is 0 Å². The second kappa shape index (κ2) is 5.43. The molecule has 0 saturated heterocycles. The van der Waals surface area contributed by atoms with Gasteiger partial charge in [0.05, 0.1) is 18.2 Å². The Morgan fingerprint density at radius 1 is 1.00 bits per heavy atom. The van der Waals surface area contributed by atoms with Crippen molar-refractivity contribution in [1.82, 2.24) is 0 Å². The summed E-state index contributed by atoms with van der Waals surface area (Å²) >= 11 is 0. The molecule has 0 N–H and O–H groups in total. The Morgan fingerprint density at radius 2 is 1.60 bits per heavy atom. The van der Waals surface area contributed by atoms with Crippen molar-refractivity contribution in [1.29, 1.82) is 15.8 Å². The average molecular weight is 195 g/mol. The zero-order valence-corrected chi connectivity index (χ0v) is 8.09. The topological polar surface area (TPSA) is 71.4 Å². The van der Waals surface area contributed by atoms with E-state index in [0.717, 1.165) is 5.56 Å². The first-order valence-corrected chi connectivity index (χ1v) is 4.54. The number of hydrogen-bond donors (Lipinski definition) is 0. The molecule has 0 aliphatic heterocycles. The summed E-state index contributed by atoms with van der Waals surface area (Å²) in [7, 11) is 0. The Labute approximate surface area is 88.8 Å². The van der Waals surface area contributed by atoms with Crippen LogP contribution in [0.5, 0.6) is 0 Å². The molecule has 0 aliphatic rings. The summed E-state index contributed by atoms with van der Waals surface area (Å²) in [5, 5.41) is 26.3. The van der Waals surface area contributed by atoms with E-state index in [0.29, 0.717) is 0 Å². The van der Waals surface area contributed by atoms with Crippen molar-refractivity contribution in [3.05, 3.63) is 35.9 Å². The summed E-state index contributed by atoms with van der Waals surface area (Å²) in [5.74, 6) is -1.07. The fourth-order valence-corrected chi connectivity index (χ4v) is 1.44. The molecule has 0 heterocycles. The summed E-state index contributed by atoms with van der Waals surface area (Å²) < 4.78 is 0. The van der Waals surface area contributed by atoms with Gasteiger partial charge in [-0.2, -0.15) is 15.8 Å². The van der Waals surface area contributed by atoms with E-state index in [1.165, 1.54) is 0 Å². The standard InChI is InChI=1S/C12H9N3/c13-7-6-12(11(8-14)9-15)10-4-2-1-3-5-10/h1-5,11-12H,6H2. The Kier molecular flexibility index (Phi) is 3.90. The van der Waals surface area contributed by atoms with Gasteiger partial charge in [0.15, 0.2) is 0 Å². The van der Waals surface area contributed by atoms with Crippen LogP contribution in [-0.4, -0.2) is 0 Å². The molecule has 15 heavy (non-hydrogen) atoms. The quantitative estimate of drug-likeness (QED) is 0.743. The fraction of sp³-hybridized carbons (Fsp3) is 0.250. The minimum absolute atomic E-state index is 0.190. The third kappa shape index (κ3) is 2.56. The Balaban J connectivity index is 3.01. The van der Waals surface area contributed by atoms with E-state index < -0.39 is 5.92 Å². The molecular formula is C12H9N3. The molecule has 0 fully saturated rings. The first-order valence-electron chi connectivity index (χ1n) is 4.54. The molecule has 72 valence electrons. The van der Waals surface area contributed by atoms with E-state index in [1.807, 2.05) is 48.5 Å². The van der Waals surface area contributed by atoms with Crippen molar-refractivity contribution in [3.8, 4) is 18.2 Å². The maximum atomic E-state index is 8.80.